The van der Waals surface area contributed by atoms with E-state index in [1.54, 1.807) is 6.07 Å². The number of amides is 2. The first-order valence-electron chi connectivity index (χ1n) is 7.40. The molecule has 5 heteroatoms. The first-order chi connectivity index (χ1) is 11.1. The second kappa shape index (κ2) is 8.34. The Kier molecular flexibility index (Phi) is 6.18. The summed E-state index contributed by atoms with van der Waals surface area (Å²) in [6.07, 6.45) is -0.207. The van der Waals surface area contributed by atoms with Crippen LogP contribution < -0.4 is 10.6 Å². The lowest BCUT2D eigenvalue weighted by Gasteiger charge is -2.14. The van der Waals surface area contributed by atoms with Gasteiger partial charge in [-0.2, -0.15) is 0 Å². The Morgan fingerprint density at radius 3 is 2.35 bits per heavy atom. The van der Waals surface area contributed by atoms with Crippen LogP contribution in [0.25, 0.3) is 0 Å². The Morgan fingerprint density at radius 1 is 1.00 bits per heavy atom. The molecule has 0 saturated heterocycles. The fourth-order valence-electron chi connectivity index (χ4n) is 2.16. The third kappa shape index (κ3) is 5.42. The molecule has 4 nitrogen and oxygen atoms in total. The second-order valence-corrected chi connectivity index (χ2v) is 5.65. The summed E-state index contributed by atoms with van der Waals surface area (Å²) < 4.78 is 0. The molecule has 2 rings (SSSR count). The van der Waals surface area contributed by atoms with Gasteiger partial charge < -0.3 is 10.6 Å². The van der Waals surface area contributed by atoms with Crippen molar-refractivity contribution >= 4 is 23.4 Å². The molecule has 120 valence electrons. The van der Waals surface area contributed by atoms with Crippen LogP contribution >= 0.6 is 11.6 Å². The summed E-state index contributed by atoms with van der Waals surface area (Å²) in [6, 6.07) is 16.7. The lowest BCUT2D eigenvalue weighted by Crippen LogP contribution is -2.33. The van der Waals surface area contributed by atoms with Crippen molar-refractivity contribution in [2.45, 2.75) is 25.9 Å². The molecule has 0 radical (unpaired) electrons. The molecule has 1 unspecified atom stereocenters. The molecule has 2 N–H and O–H groups in total. The standard InChI is InChI=1S/C18H19ClN2O2/c1-13(14-7-3-2-4-8-14)21-18(23)11-17(22)20-12-15-9-5-6-10-16(15)19/h2-10,13H,11-12H2,1H3,(H,20,22)(H,21,23). The summed E-state index contributed by atoms with van der Waals surface area (Å²) in [4.78, 5) is 23.8. The van der Waals surface area contributed by atoms with Crippen molar-refractivity contribution in [1.82, 2.24) is 10.6 Å². The first kappa shape index (κ1) is 17.0. The maximum absolute atomic E-state index is 11.9. The molecule has 1 atom stereocenters. The lowest BCUT2D eigenvalue weighted by atomic mass is 10.1. The SMILES string of the molecule is CC(NC(=O)CC(=O)NCc1ccccc1Cl)c1ccccc1. The van der Waals surface area contributed by atoms with Gasteiger partial charge in [0.25, 0.3) is 0 Å². The highest BCUT2D eigenvalue weighted by molar-refractivity contribution is 6.31. The highest BCUT2D eigenvalue weighted by Gasteiger charge is 2.13. The summed E-state index contributed by atoms with van der Waals surface area (Å²) in [7, 11) is 0. The molecule has 0 aliphatic rings. The summed E-state index contributed by atoms with van der Waals surface area (Å²) in [5.74, 6) is -0.638. The van der Waals surface area contributed by atoms with Gasteiger partial charge >= 0.3 is 0 Å². The first-order valence-corrected chi connectivity index (χ1v) is 7.78. The van der Waals surface area contributed by atoms with E-state index < -0.39 is 0 Å². The van der Waals surface area contributed by atoms with Crippen LogP contribution in [0.4, 0.5) is 0 Å². The molecule has 23 heavy (non-hydrogen) atoms. The zero-order valence-electron chi connectivity index (χ0n) is 12.9. The van der Waals surface area contributed by atoms with E-state index in [4.69, 9.17) is 11.6 Å². The minimum atomic E-state index is -0.331. The van der Waals surface area contributed by atoms with Crippen LogP contribution in [-0.4, -0.2) is 11.8 Å². The fourth-order valence-corrected chi connectivity index (χ4v) is 2.36. The number of carbonyl (C=O) groups is 2. The zero-order chi connectivity index (χ0) is 16.7. The Hall–Kier alpha value is -2.33. The van der Waals surface area contributed by atoms with Crippen LogP contribution in [0.15, 0.2) is 54.6 Å². The van der Waals surface area contributed by atoms with Crippen LogP contribution in [0.5, 0.6) is 0 Å². The zero-order valence-corrected chi connectivity index (χ0v) is 13.6. The van der Waals surface area contributed by atoms with Crippen molar-refractivity contribution < 1.29 is 9.59 Å². The van der Waals surface area contributed by atoms with Crippen LogP contribution in [0.1, 0.15) is 30.5 Å². The summed E-state index contributed by atoms with van der Waals surface area (Å²) in [6.45, 7) is 2.19. The van der Waals surface area contributed by atoms with Crippen molar-refractivity contribution in [2.24, 2.45) is 0 Å². The number of benzene rings is 2. The highest BCUT2D eigenvalue weighted by Crippen LogP contribution is 2.14. The van der Waals surface area contributed by atoms with Gasteiger partial charge in [-0.25, -0.2) is 0 Å². The molecule has 0 aliphatic carbocycles. The van der Waals surface area contributed by atoms with Gasteiger partial charge in [-0.3, -0.25) is 9.59 Å². The third-order valence-corrected chi connectivity index (χ3v) is 3.80. The predicted octanol–water partition coefficient (Wildman–Crippen LogP) is 3.22. The fraction of sp³-hybridized carbons (Fsp3) is 0.222. The van der Waals surface area contributed by atoms with E-state index in [0.717, 1.165) is 11.1 Å². The molecule has 0 spiro atoms. The summed E-state index contributed by atoms with van der Waals surface area (Å²) in [5.41, 5.74) is 1.82. The number of carbonyl (C=O) groups excluding carboxylic acids is 2. The number of rotatable bonds is 6. The molecule has 2 amide bonds. The quantitative estimate of drug-likeness (QED) is 0.799. The topological polar surface area (TPSA) is 58.2 Å². The Labute approximate surface area is 140 Å². The maximum atomic E-state index is 11.9. The molecular formula is C18H19ClN2O2. The molecule has 0 bridgehead atoms. The van der Waals surface area contributed by atoms with Gasteiger partial charge in [-0.1, -0.05) is 60.1 Å². The van der Waals surface area contributed by atoms with E-state index in [9.17, 15) is 9.59 Å². The van der Waals surface area contributed by atoms with E-state index in [1.807, 2.05) is 55.5 Å². The second-order valence-electron chi connectivity index (χ2n) is 5.24. The Morgan fingerprint density at radius 2 is 1.65 bits per heavy atom. The largest absolute Gasteiger partial charge is 0.352 e. The average Bonchev–Trinajstić information content (AvgIpc) is 2.54. The van der Waals surface area contributed by atoms with E-state index in [0.29, 0.717) is 11.6 Å². The van der Waals surface area contributed by atoms with Crippen molar-refractivity contribution in [3.8, 4) is 0 Å². The van der Waals surface area contributed by atoms with Crippen molar-refractivity contribution in [3.05, 3.63) is 70.7 Å². The van der Waals surface area contributed by atoms with E-state index in [-0.39, 0.29) is 24.3 Å². The maximum Gasteiger partial charge on any atom is 0.229 e. The monoisotopic (exact) mass is 330 g/mol. The van der Waals surface area contributed by atoms with Crippen molar-refractivity contribution in [2.75, 3.05) is 0 Å². The van der Waals surface area contributed by atoms with Gasteiger partial charge in [0.05, 0.1) is 6.04 Å². The predicted molar refractivity (Wildman–Crippen MR) is 90.9 cm³/mol. The average molecular weight is 331 g/mol. The Balaban J connectivity index is 1.79. The van der Waals surface area contributed by atoms with E-state index in [2.05, 4.69) is 10.6 Å². The van der Waals surface area contributed by atoms with Gasteiger partial charge in [0.15, 0.2) is 0 Å². The van der Waals surface area contributed by atoms with Crippen LogP contribution in [0.2, 0.25) is 5.02 Å². The van der Waals surface area contributed by atoms with E-state index >= 15 is 0 Å². The molecule has 0 heterocycles. The smallest absolute Gasteiger partial charge is 0.229 e. The highest BCUT2D eigenvalue weighted by atomic mass is 35.5. The lowest BCUT2D eigenvalue weighted by molar-refractivity contribution is -0.129. The number of hydrogen-bond acceptors (Lipinski definition) is 2. The molecule has 2 aromatic rings. The molecular weight excluding hydrogens is 312 g/mol. The minimum Gasteiger partial charge on any atom is -0.352 e. The third-order valence-electron chi connectivity index (χ3n) is 3.43. The molecule has 2 aromatic carbocycles. The number of halogens is 1. The van der Waals surface area contributed by atoms with Crippen molar-refractivity contribution in [1.29, 1.82) is 0 Å². The minimum absolute atomic E-state index is 0.139. The molecule has 0 saturated carbocycles. The summed E-state index contributed by atoms with van der Waals surface area (Å²) in [5, 5.41) is 6.10. The van der Waals surface area contributed by atoms with Crippen LogP contribution in [0, 0.1) is 0 Å². The molecule has 0 fully saturated rings. The van der Waals surface area contributed by atoms with Crippen molar-refractivity contribution in [3.63, 3.8) is 0 Å². The van der Waals surface area contributed by atoms with Gasteiger partial charge in [0.1, 0.15) is 6.42 Å². The number of hydrogen-bond donors (Lipinski definition) is 2. The Bertz CT molecular complexity index is 674. The molecule has 0 aliphatic heterocycles. The van der Waals surface area contributed by atoms with E-state index in [1.165, 1.54) is 0 Å². The summed E-state index contributed by atoms with van der Waals surface area (Å²) >= 11 is 6.02. The normalized spacial score (nSPS) is 11.6. The van der Waals surface area contributed by atoms with Gasteiger partial charge in [0.2, 0.25) is 11.8 Å². The van der Waals surface area contributed by atoms with Gasteiger partial charge in [-0.05, 0) is 24.1 Å². The van der Waals surface area contributed by atoms with Gasteiger partial charge in [-0.15, -0.1) is 0 Å². The van der Waals surface area contributed by atoms with Crippen LogP contribution in [-0.2, 0) is 16.1 Å². The molecule has 0 aromatic heterocycles. The van der Waals surface area contributed by atoms with Gasteiger partial charge in [0, 0.05) is 11.6 Å². The van der Waals surface area contributed by atoms with Crippen LogP contribution in [0.3, 0.4) is 0 Å². The number of nitrogens with one attached hydrogen (secondary N) is 2.